The lowest BCUT2D eigenvalue weighted by Gasteiger charge is -2.20. The molecule has 5 heteroatoms. The summed E-state index contributed by atoms with van der Waals surface area (Å²) in [6.07, 6.45) is 0. The van der Waals surface area contributed by atoms with Crippen molar-refractivity contribution in [2.24, 2.45) is 0 Å². The first-order valence-electron chi connectivity index (χ1n) is 11.8. The molecular formula is C31H28Br2O3. The Hall–Kier alpha value is -2.89. The van der Waals surface area contributed by atoms with Gasteiger partial charge >= 0.3 is 0 Å². The van der Waals surface area contributed by atoms with Crippen LogP contribution in [0.1, 0.15) is 57.9 Å². The van der Waals surface area contributed by atoms with Crippen LogP contribution < -0.4 is 9.47 Å². The van der Waals surface area contributed by atoms with E-state index < -0.39 is 0 Å². The van der Waals surface area contributed by atoms with E-state index >= 15 is 0 Å². The molecular weight excluding hydrogens is 580 g/mol. The van der Waals surface area contributed by atoms with E-state index in [0.717, 1.165) is 25.6 Å². The van der Waals surface area contributed by atoms with Gasteiger partial charge in [0.1, 0.15) is 18.1 Å². The Kier molecular flexibility index (Phi) is 8.32. The van der Waals surface area contributed by atoms with E-state index in [4.69, 9.17) is 9.47 Å². The van der Waals surface area contributed by atoms with Crippen LogP contribution in [0.4, 0.5) is 0 Å². The van der Waals surface area contributed by atoms with Crippen molar-refractivity contribution < 1.29 is 14.3 Å². The lowest BCUT2D eigenvalue weighted by molar-refractivity contribution is 0.103. The average Bonchev–Trinajstić information content (AvgIpc) is 2.84. The first-order valence-corrected chi connectivity index (χ1v) is 13.4. The van der Waals surface area contributed by atoms with E-state index in [0.29, 0.717) is 35.0 Å². The summed E-state index contributed by atoms with van der Waals surface area (Å²) in [6.45, 7) is 8.66. The van der Waals surface area contributed by atoms with Crippen LogP contribution in [0.15, 0.2) is 87.8 Å². The molecule has 0 saturated carbocycles. The van der Waals surface area contributed by atoms with Crippen molar-refractivity contribution >= 4 is 37.6 Å². The number of para-hydroxylation sites is 1. The molecule has 4 rings (SSSR count). The monoisotopic (exact) mass is 606 g/mol. The van der Waals surface area contributed by atoms with Crippen molar-refractivity contribution in [2.75, 3.05) is 0 Å². The first-order chi connectivity index (χ1) is 17.2. The van der Waals surface area contributed by atoms with Crippen molar-refractivity contribution in [3.63, 3.8) is 0 Å². The Morgan fingerprint density at radius 1 is 0.806 bits per heavy atom. The Bertz CT molecular complexity index is 1390. The fourth-order valence-corrected chi connectivity index (χ4v) is 5.17. The molecule has 0 aromatic heterocycles. The maximum Gasteiger partial charge on any atom is 0.196 e. The van der Waals surface area contributed by atoms with Crippen LogP contribution in [0.25, 0.3) is 0 Å². The SMILES string of the molecule is Cc1cccc(COc2cc(C(=O)c3cccc(C)c3)c(Oc3c(Br)cccc3Br)cc2C(C)C)c1. The largest absolute Gasteiger partial charge is 0.489 e. The molecule has 0 amide bonds. The highest BCUT2D eigenvalue weighted by Gasteiger charge is 2.22. The minimum atomic E-state index is -0.118. The Morgan fingerprint density at radius 2 is 1.44 bits per heavy atom. The van der Waals surface area contributed by atoms with Crippen LogP contribution in [-0.4, -0.2) is 5.78 Å². The molecule has 0 saturated heterocycles. The summed E-state index contributed by atoms with van der Waals surface area (Å²) in [5, 5.41) is 0. The van der Waals surface area contributed by atoms with Crippen LogP contribution in [-0.2, 0) is 6.61 Å². The molecule has 0 unspecified atom stereocenters. The summed E-state index contributed by atoms with van der Waals surface area (Å²) in [6, 6.07) is 25.3. The second kappa shape index (κ2) is 11.4. The van der Waals surface area contributed by atoms with Gasteiger partial charge in [-0.05, 0) is 87.5 Å². The number of aryl methyl sites for hydroxylation is 2. The minimum absolute atomic E-state index is 0.118. The number of hydrogen-bond donors (Lipinski definition) is 0. The van der Waals surface area contributed by atoms with Crippen molar-refractivity contribution in [3.05, 3.63) is 121 Å². The normalized spacial score (nSPS) is 11.0. The summed E-state index contributed by atoms with van der Waals surface area (Å²) >= 11 is 7.15. The van der Waals surface area contributed by atoms with Crippen molar-refractivity contribution in [3.8, 4) is 17.2 Å². The maximum atomic E-state index is 13.8. The van der Waals surface area contributed by atoms with Crippen LogP contribution >= 0.6 is 31.9 Å². The molecule has 0 spiro atoms. The number of ether oxygens (including phenoxy) is 2. The van der Waals surface area contributed by atoms with E-state index in [-0.39, 0.29) is 11.7 Å². The molecule has 4 aromatic rings. The zero-order chi connectivity index (χ0) is 25.8. The number of carbonyl (C=O) groups excluding carboxylic acids is 1. The summed E-state index contributed by atoms with van der Waals surface area (Å²) < 4.78 is 14.3. The van der Waals surface area contributed by atoms with Gasteiger partial charge in [0.15, 0.2) is 11.5 Å². The number of ketones is 1. The number of hydrogen-bond acceptors (Lipinski definition) is 3. The van der Waals surface area contributed by atoms with Crippen molar-refractivity contribution in [1.29, 1.82) is 0 Å². The van der Waals surface area contributed by atoms with Gasteiger partial charge in [-0.3, -0.25) is 4.79 Å². The molecule has 0 heterocycles. The van der Waals surface area contributed by atoms with Crippen LogP contribution in [0, 0.1) is 13.8 Å². The molecule has 0 N–H and O–H groups in total. The quantitative estimate of drug-likeness (QED) is 0.187. The maximum absolute atomic E-state index is 13.8. The smallest absolute Gasteiger partial charge is 0.196 e. The number of halogens is 2. The van der Waals surface area contributed by atoms with Crippen molar-refractivity contribution in [2.45, 2.75) is 40.2 Å². The highest BCUT2D eigenvalue weighted by Crippen LogP contribution is 2.41. The number of carbonyl (C=O) groups is 1. The van der Waals surface area contributed by atoms with Gasteiger partial charge in [0.2, 0.25) is 0 Å². The molecule has 4 aromatic carbocycles. The molecule has 0 aliphatic heterocycles. The van der Waals surface area contributed by atoms with Gasteiger partial charge in [-0.2, -0.15) is 0 Å². The standard InChI is InChI=1S/C31H28Br2O3/c1-19(2)24-16-29(36-31-26(32)12-7-13-27(31)33)25(30(34)23-11-6-9-21(4)15-23)17-28(24)35-18-22-10-5-8-20(3)14-22/h5-17,19H,18H2,1-4H3. The Balaban J connectivity index is 1.82. The number of rotatable bonds is 8. The zero-order valence-corrected chi connectivity index (χ0v) is 23.9. The molecule has 3 nitrogen and oxygen atoms in total. The van der Waals surface area contributed by atoms with Gasteiger partial charge in [0.25, 0.3) is 0 Å². The average molecular weight is 608 g/mol. The van der Waals surface area contributed by atoms with Crippen LogP contribution in [0.2, 0.25) is 0 Å². The molecule has 0 radical (unpaired) electrons. The van der Waals surface area contributed by atoms with Gasteiger partial charge in [-0.1, -0.05) is 73.5 Å². The molecule has 0 bridgehead atoms. The van der Waals surface area contributed by atoms with Crippen molar-refractivity contribution in [1.82, 2.24) is 0 Å². The second-order valence-electron chi connectivity index (χ2n) is 9.17. The van der Waals surface area contributed by atoms with Gasteiger partial charge in [-0.25, -0.2) is 0 Å². The highest BCUT2D eigenvalue weighted by atomic mass is 79.9. The third-order valence-corrected chi connectivity index (χ3v) is 7.12. The first kappa shape index (κ1) is 26.2. The van der Waals surface area contributed by atoms with Gasteiger partial charge in [-0.15, -0.1) is 0 Å². The predicted molar refractivity (Wildman–Crippen MR) is 153 cm³/mol. The fourth-order valence-electron chi connectivity index (χ4n) is 4.01. The highest BCUT2D eigenvalue weighted by molar-refractivity contribution is 9.11. The van der Waals surface area contributed by atoms with E-state index in [1.807, 2.05) is 73.7 Å². The van der Waals surface area contributed by atoms with E-state index in [9.17, 15) is 4.79 Å². The summed E-state index contributed by atoms with van der Waals surface area (Å²) in [4.78, 5) is 13.8. The molecule has 36 heavy (non-hydrogen) atoms. The molecule has 0 fully saturated rings. The van der Waals surface area contributed by atoms with E-state index in [1.165, 1.54) is 5.56 Å². The van der Waals surface area contributed by atoms with E-state index in [2.05, 4.69) is 64.8 Å². The Morgan fingerprint density at radius 3 is 2.08 bits per heavy atom. The molecule has 0 aliphatic carbocycles. The summed E-state index contributed by atoms with van der Waals surface area (Å²) in [7, 11) is 0. The summed E-state index contributed by atoms with van der Waals surface area (Å²) in [5.74, 6) is 1.82. The molecule has 184 valence electrons. The zero-order valence-electron chi connectivity index (χ0n) is 20.8. The van der Waals surface area contributed by atoms with Crippen LogP contribution in [0.3, 0.4) is 0 Å². The van der Waals surface area contributed by atoms with E-state index in [1.54, 1.807) is 0 Å². The predicted octanol–water partition coefficient (Wildman–Crippen LogP) is 9.55. The van der Waals surface area contributed by atoms with Gasteiger partial charge in [0.05, 0.1) is 14.5 Å². The second-order valence-corrected chi connectivity index (χ2v) is 10.9. The summed E-state index contributed by atoms with van der Waals surface area (Å²) in [5.41, 5.74) is 5.31. The lowest BCUT2D eigenvalue weighted by Crippen LogP contribution is -2.08. The topological polar surface area (TPSA) is 35.5 Å². The fraction of sp³-hybridized carbons (Fsp3) is 0.194. The lowest BCUT2D eigenvalue weighted by atomic mass is 9.95. The van der Waals surface area contributed by atoms with Gasteiger partial charge in [0, 0.05) is 11.1 Å². The number of benzene rings is 4. The Labute approximate surface area is 229 Å². The molecule has 0 atom stereocenters. The minimum Gasteiger partial charge on any atom is -0.489 e. The van der Waals surface area contributed by atoms with Crippen LogP contribution in [0.5, 0.6) is 17.2 Å². The molecule has 0 aliphatic rings. The van der Waals surface area contributed by atoms with Gasteiger partial charge < -0.3 is 9.47 Å². The third-order valence-electron chi connectivity index (χ3n) is 5.87. The third kappa shape index (κ3) is 6.08.